The Kier molecular flexibility index (Phi) is 28.5. The van der Waals surface area contributed by atoms with Crippen molar-refractivity contribution in [1.29, 1.82) is 0 Å². The Labute approximate surface area is 192 Å². The van der Waals surface area contributed by atoms with Crippen LogP contribution in [0.5, 0.6) is 0 Å². The molecule has 10 nitrogen and oxygen atoms in total. The van der Waals surface area contributed by atoms with E-state index in [-0.39, 0.29) is 17.7 Å². The molecule has 5 N–H and O–H groups in total. The van der Waals surface area contributed by atoms with E-state index in [4.69, 9.17) is 4.74 Å². The minimum absolute atomic E-state index is 0.00463. The maximum Gasteiger partial charge on any atom is 0.408 e. The zero-order chi connectivity index (χ0) is 25.5. The van der Waals surface area contributed by atoms with Gasteiger partial charge in [0.05, 0.1) is 6.54 Å². The Morgan fingerprint density at radius 1 is 0.935 bits per heavy atom. The van der Waals surface area contributed by atoms with Gasteiger partial charge < -0.3 is 31.3 Å². The molecule has 0 radical (unpaired) electrons. The maximum atomic E-state index is 11.5. The Morgan fingerprint density at radius 2 is 1.42 bits per heavy atom. The van der Waals surface area contributed by atoms with E-state index in [2.05, 4.69) is 26.6 Å². The second-order valence-corrected chi connectivity index (χ2v) is 7.59. The largest absolute Gasteiger partial charge is 0.444 e. The molecule has 0 rings (SSSR count). The zero-order valence-corrected chi connectivity index (χ0v) is 22.0. The summed E-state index contributed by atoms with van der Waals surface area (Å²) in [7, 11) is 6.49. The molecule has 0 aromatic heterocycles. The molecule has 11 heteroatoms. The van der Waals surface area contributed by atoms with Crippen LogP contribution in [-0.4, -0.2) is 82.2 Å². The summed E-state index contributed by atoms with van der Waals surface area (Å²) in [5.41, 5.74) is -0.559. The summed E-state index contributed by atoms with van der Waals surface area (Å²) in [6.07, 6.45) is 1.97. The number of hydrogen-bond donors (Lipinski definition) is 5. The maximum absolute atomic E-state index is 11.5. The monoisotopic (exact) mass is 467 g/mol. The van der Waals surface area contributed by atoms with Gasteiger partial charge in [0.2, 0.25) is 17.7 Å². The summed E-state index contributed by atoms with van der Waals surface area (Å²) in [5.74, 6) is 0.617. The quantitative estimate of drug-likeness (QED) is 0.378. The van der Waals surface area contributed by atoms with E-state index in [0.717, 1.165) is 5.75 Å². The summed E-state index contributed by atoms with van der Waals surface area (Å²) in [6.45, 7) is 11.2. The Morgan fingerprint density at radius 3 is 1.68 bits per heavy atom. The van der Waals surface area contributed by atoms with Crippen molar-refractivity contribution in [1.82, 2.24) is 26.6 Å². The van der Waals surface area contributed by atoms with Crippen LogP contribution in [0, 0.1) is 0 Å². The van der Waals surface area contributed by atoms with Crippen molar-refractivity contribution in [3.63, 3.8) is 0 Å². The predicted molar refractivity (Wildman–Crippen MR) is 129 cm³/mol. The fraction of sp³-hybridized carbons (Fsp3) is 0.800. The van der Waals surface area contributed by atoms with Gasteiger partial charge in [-0.15, -0.1) is 0 Å². The first-order chi connectivity index (χ1) is 14.4. The lowest BCUT2D eigenvalue weighted by Crippen LogP contribution is -2.47. The van der Waals surface area contributed by atoms with Gasteiger partial charge in [-0.2, -0.15) is 11.8 Å². The molecule has 0 saturated carbocycles. The molecule has 1 atom stereocenters. The zero-order valence-electron chi connectivity index (χ0n) is 21.1. The van der Waals surface area contributed by atoms with Crippen molar-refractivity contribution in [2.75, 3.05) is 46.7 Å². The SMILES string of the molecule is CC.CNC(=O)C(CCSC)NC(=O)OC(C)(C)C.CNC(C)=O.CNCC(=O)NC. The van der Waals surface area contributed by atoms with Gasteiger partial charge in [0, 0.05) is 28.1 Å². The standard InChI is InChI=1S/C11H22N2O3S.C4H10N2O.C3H7NO.C2H6/c1-11(2,3)16-10(15)13-8(6-7-17-5)9(14)12-4;1-5-3-4(7)6-2;1-3(5)4-2;1-2/h8H,6-7H2,1-5H3,(H,12,14)(H,13,15);5H,3H2,1-2H3,(H,6,7);1-2H3,(H,4,5);1-2H3. The van der Waals surface area contributed by atoms with E-state index in [1.807, 2.05) is 20.1 Å². The molecular formula is C20H45N5O5S. The molecule has 0 aliphatic rings. The predicted octanol–water partition coefficient (Wildman–Crippen LogP) is 1.11. The Bertz CT molecular complexity index is 485. The number of rotatable bonds is 7. The van der Waals surface area contributed by atoms with E-state index < -0.39 is 17.7 Å². The van der Waals surface area contributed by atoms with Crippen molar-refractivity contribution >= 4 is 35.6 Å². The lowest BCUT2D eigenvalue weighted by Gasteiger charge is -2.22. The summed E-state index contributed by atoms with van der Waals surface area (Å²) in [5, 5.41) is 12.7. The van der Waals surface area contributed by atoms with Crippen LogP contribution in [-0.2, 0) is 19.1 Å². The lowest BCUT2D eigenvalue weighted by atomic mass is 10.2. The molecular weight excluding hydrogens is 422 g/mol. The first kappa shape index (κ1) is 36.4. The lowest BCUT2D eigenvalue weighted by molar-refractivity contribution is -0.123. The van der Waals surface area contributed by atoms with E-state index in [1.54, 1.807) is 60.7 Å². The average Bonchev–Trinajstić information content (AvgIpc) is 2.71. The topological polar surface area (TPSA) is 138 Å². The molecule has 0 aromatic rings. The van der Waals surface area contributed by atoms with E-state index in [1.165, 1.54) is 6.92 Å². The summed E-state index contributed by atoms with van der Waals surface area (Å²) in [4.78, 5) is 43.0. The van der Waals surface area contributed by atoms with Crippen LogP contribution in [0.1, 0.15) is 48.0 Å². The summed E-state index contributed by atoms with van der Waals surface area (Å²) < 4.78 is 5.11. The minimum Gasteiger partial charge on any atom is -0.444 e. The third kappa shape index (κ3) is 32.9. The van der Waals surface area contributed by atoms with Crippen molar-refractivity contribution < 1.29 is 23.9 Å². The summed E-state index contributed by atoms with van der Waals surface area (Å²) in [6, 6.07) is -0.540. The Balaban J connectivity index is -0.000000213. The molecule has 0 spiro atoms. The van der Waals surface area contributed by atoms with Crippen molar-refractivity contribution in [3.05, 3.63) is 0 Å². The number of carbonyl (C=O) groups is 4. The molecule has 0 bridgehead atoms. The van der Waals surface area contributed by atoms with Gasteiger partial charge >= 0.3 is 6.09 Å². The fourth-order valence-electron chi connectivity index (χ4n) is 1.38. The first-order valence-corrected chi connectivity index (χ1v) is 11.5. The van der Waals surface area contributed by atoms with Crippen LogP contribution in [0.2, 0.25) is 0 Å². The highest BCUT2D eigenvalue weighted by Crippen LogP contribution is 2.08. The van der Waals surface area contributed by atoms with Crippen molar-refractivity contribution in [2.24, 2.45) is 0 Å². The molecule has 1 unspecified atom stereocenters. The van der Waals surface area contributed by atoms with E-state index >= 15 is 0 Å². The number of amides is 4. The molecule has 186 valence electrons. The van der Waals surface area contributed by atoms with Crippen LogP contribution < -0.4 is 26.6 Å². The molecule has 0 aromatic carbocycles. The fourth-order valence-corrected chi connectivity index (χ4v) is 1.85. The number of likely N-dealkylation sites (N-methyl/N-ethyl adjacent to an activating group) is 3. The highest BCUT2D eigenvalue weighted by atomic mass is 32.2. The van der Waals surface area contributed by atoms with E-state index in [9.17, 15) is 19.2 Å². The van der Waals surface area contributed by atoms with Gasteiger partial charge in [-0.3, -0.25) is 14.4 Å². The van der Waals surface area contributed by atoms with Gasteiger partial charge in [-0.1, -0.05) is 13.8 Å². The van der Waals surface area contributed by atoms with Crippen LogP contribution in [0.25, 0.3) is 0 Å². The van der Waals surface area contributed by atoms with Crippen LogP contribution in [0.4, 0.5) is 4.79 Å². The molecule has 0 aliphatic heterocycles. The van der Waals surface area contributed by atoms with Crippen molar-refractivity contribution in [2.45, 2.75) is 59.6 Å². The minimum atomic E-state index is -0.563. The van der Waals surface area contributed by atoms with Gasteiger partial charge in [0.1, 0.15) is 11.6 Å². The second kappa shape index (κ2) is 24.3. The Hall–Kier alpha value is -2.01. The normalized spacial score (nSPS) is 10.2. The van der Waals surface area contributed by atoms with E-state index in [0.29, 0.717) is 13.0 Å². The highest BCUT2D eigenvalue weighted by molar-refractivity contribution is 7.98. The number of hydrogen-bond acceptors (Lipinski definition) is 7. The van der Waals surface area contributed by atoms with Crippen molar-refractivity contribution in [3.8, 4) is 0 Å². The van der Waals surface area contributed by atoms with Gasteiger partial charge in [-0.05, 0) is 46.2 Å². The van der Waals surface area contributed by atoms with Gasteiger partial charge in [0.25, 0.3) is 0 Å². The molecule has 4 amide bonds. The van der Waals surface area contributed by atoms with Crippen LogP contribution in [0.15, 0.2) is 0 Å². The smallest absolute Gasteiger partial charge is 0.408 e. The highest BCUT2D eigenvalue weighted by Gasteiger charge is 2.23. The number of thioether (sulfide) groups is 1. The molecule has 0 heterocycles. The number of alkyl carbamates (subject to hydrolysis) is 1. The first-order valence-electron chi connectivity index (χ1n) is 10.1. The molecule has 31 heavy (non-hydrogen) atoms. The number of nitrogens with one attached hydrogen (secondary N) is 5. The van der Waals surface area contributed by atoms with Gasteiger partial charge in [-0.25, -0.2) is 4.79 Å². The molecule has 0 saturated heterocycles. The number of ether oxygens (including phenoxy) is 1. The number of carbonyl (C=O) groups excluding carboxylic acids is 4. The summed E-state index contributed by atoms with van der Waals surface area (Å²) >= 11 is 1.63. The average molecular weight is 468 g/mol. The molecule has 0 aliphatic carbocycles. The molecule has 0 fully saturated rings. The second-order valence-electron chi connectivity index (χ2n) is 6.60. The van der Waals surface area contributed by atoms with Gasteiger partial charge in [0.15, 0.2) is 0 Å². The van der Waals surface area contributed by atoms with Crippen LogP contribution in [0.3, 0.4) is 0 Å². The third-order valence-electron chi connectivity index (χ3n) is 2.83. The van der Waals surface area contributed by atoms with Crippen LogP contribution >= 0.6 is 11.8 Å². The third-order valence-corrected chi connectivity index (χ3v) is 3.48.